The molecular formula is C28H22ClNO3. The van der Waals surface area contributed by atoms with Gasteiger partial charge in [-0.25, -0.2) is 4.79 Å². The van der Waals surface area contributed by atoms with Crippen LogP contribution in [0.1, 0.15) is 21.5 Å². The van der Waals surface area contributed by atoms with Crippen LogP contribution in [0.4, 0.5) is 0 Å². The van der Waals surface area contributed by atoms with Crippen molar-refractivity contribution in [1.29, 1.82) is 0 Å². The summed E-state index contributed by atoms with van der Waals surface area (Å²) in [6.07, 6.45) is 0. The van der Waals surface area contributed by atoms with Crippen LogP contribution in [0.25, 0.3) is 32.9 Å². The third kappa shape index (κ3) is 3.73. The average Bonchev–Trinajstić information content (AvgIpc) is 3.13. The summed E-state index contributed by atoms with van der Waals surface area (Å²) in [6.45, 7) is 2.66. The van der Waals surface area contributed by atoms with E-state index in [0.717, 1.165) is 27.7 Å². The van der Waals surface area contributed by atoms with E-state index >= 15 is 0 Å². The maximum Gasteiger partial charge on any atom is 0.338 e. The molecule has 0 aliphatic rings. The zero-order valence-electron chi connectivity index (χ0n) is 18.3. The van der Waals surface area contributed by atoms with E-state index in [1.807, 2.05) is 42.5 Å². The Morgan fingerprint density at radius 2 is 1.67 bits per heavy atom. The van der Waals surface area contributed by atoms with Crippen LogP contribution < -0.4 is 0 Å². The molecule has 0 radical (unpaired) electrons. The Balaban J connectivity index is 1.84. The van der Waals surface area contributed by atoms with Gasteiger partial charge in [-0.15, -0.1) is 0 Å². The van der Waals surface area contributed by atoms with Gasteiger partial charge in [-0.1, -0.05) is 59.6 Å². The topological polar surface area (TPSA) is 51.5 Å². The third-order valence-corrected chi connectivity index (χ3v) is 6.23. The highest BCUT2D eigenvalue weighted by molar-refractivity contribution is 6.30. The number of phenolic OH excluding ortho intramolecular Hbond substituents is 1. The number of ether oxygens (including phenoxy) is 1. The van der Waals surface area contributed by atoms with Gasteiger partial charge >= 0.3 is 5.97 Å². The SMILES string of the molecule is COC(=O)c1cccc2c1c1c(O)cc(-c3ccc(Cl)cc3)cc1n2Cc1cccc(C)c1. The predicted octanol–water partition coefficient (Wildman–Crippen LogP) is 6.96. The summed E-state index contributed by atoms with van der Waals surface area (Å²) in [5.41, 5.74) is 6.24. The van der Waals surface area contributed by atoms with Gasteiger partial charge in [0, 0.05) is 17.0 Å². The molecule has 0 unspecified atom stereocenters. The van der Waals surface area contributed by atoms with Crippen molar-refractivity contribution in [3.63, 3.8) is 0 Å². The van der Waals surface area contributed by atoms with E-state index in [1.54, 1.807) is 12.1 Å². The summed E-state index contributed by atoms with van der Waals surface area (Å²) in [7, 11) is 1.37. The molecule has 0 saturated heterocycles. The van der Waals surface area contributed by atoms with E-state index in [0.29, 0.717) is 27.9 Å². The minimum Gasteiger partial charge on any atom is -0.507 e. The fourth-order valence-corrected chi connectivity index (χ4v) is 4.62. The molecule has 0 spiro atoms. The lowest BCUT2D eigenvalue weighted by molar-refractivity contribution is 0.0603. The second-order valence-corrected chi connectivity index (χ2v) is 8.60. The molecule has 164 valence electrons. The predicted molar refractivity (Wildman–Crippen MR) is 133 cm³/mol. The highest BCUT2D eigenvalue weighted by Crippen LogP contribution is 2.41. The van der Waals surface area contributed by atoms with Crippen LogP contribution >= 0.6 is 11.6 Å². The van der Waals surface area contributed by atoms with Gasteiger partial charge in [0.05, 0.1) is 29.1 Å². The number of carbonyl (C=O) groups excluding carboxylic acids is 1. The van der Waals surface area contributed by atoms with Crippen LogP contribution in [-0.2, 0) is 11.3 Å². The standard InChI is InChI=1S/C28H22ClNO3/c1-17-5-3-6-18(13-17)16-30-23-8-4-7-22(28(32)33-2)26(23)27-24(30)14-20(15-25(27)31)19-9-11-21(29)12-10-19/h3-15,31H,16H2,1-2H3. The number of aryl methyl sites for hydroxylation is 1. The van der Waals surface area contributed by atoms with Gasteiger partial charge in [0.25, 0.3) is 0 Å². The minimum absolute atomic E-state index is 0.113. The number of hydrogen-bond acceptors (Lipinski definition) is 3. The summed E-state index contributed by atoms with van der Waals surface area (Å²) in [4.78, 5) is 12.6. The third-order valence-electron chi connectivity index (χ3n) is 5.98. The summed E-state index contributed by atoms with van der Waals surface area (Å²) >= 11 is 6.07. The average molecular weight is 456 g/mol. The van der Waals surface area contributed by atoms with Gasteiger partial charge in [0.1, 0.15) is 5.75 Å². The van der Waals surface area contributed by atoms with Gasteiger partial charge < -0.3 is 14.4 Å². The number of nitrogens with zero attached hydrogens (tertiary/aromatic N) is 1. The monoisotopic (exact) mass is 455 g/mol. The van der Waals surface area contributed by atoms with Crippen LogP contribution in [0.15, 0.2) is 78.9 Å². The van der Waals surface area contributed by atoms with Gasteiger partial charge in [-0.05, 0) is 60.0 Å². The zero-order valence-corrected chi connectivity index (χ0v) is 19.1. The molecule has 33 heavy (non-hydrogen) atoms. The Morgan fingerprint density at radius 3 is 2.39 bits per heavy atom. The minimum atomic E-state index is -0.434. The largest absolute Gasteiger partial charge is 0.507 e. The number of benzene rings is 4. The molecular weight excluding hydrogens is 434 g/mol. The van der Waals surface area contributed by atoms with Crippen molar-refractivity contribution in [3.8, 4) is 16.9 Å². The molecule has 0 aliphatic heterocycles. The lowest BCUT2D eigenvalue weighted by Crippen LogP contribution is -2.03. The Labute approximate surface area is 196 Å². The van der Waals surface area contributed by atoms with Crippen LogP contribution in [0.2, 0.25) is 5.02 Å². The highest BCUT2D eigenvalue weighted by Gasteiger charge is 2.21. The maximum atomic E-state index is 12.6. The van der Waals surface area contributed by atoms with E-state index in [4.69, 9.17) is 16.3 Å². The van der Waals surface area contributed by atoms with Crippen molar-refractivity contribution < 1.29 is 14.6 Å². The number of aromatic hydroxyl groups is 1. The lowest BCUT2D eigenvalue weighted by Gasteiger charge is -2.10. The number of methoxy groups -OCH3 is 1. The van der Waals surface area contributed by atoms with Gasteiger partial charge in [0.15, 0.2) is 0 Å². The fraction of sp³-hybridized carbons (Fsp3) is 0.107. The molecule has 0 amide bonds. The van der Waals surface area contributed by atoms with Crippen molar-refractivity contribution in [3.05, 3.63) is 101 Å². The van der Waals surface area contributed by atoms with Crippen LogP contribution in [-0.4, -0.2) is 22.8 Å². The summed E-state index contributed by atoms with van der Waals surface area (Å²) in [5.74, 6) is -0.321. The van der Waals surface area contributed by atoms with Crippen molar-refractivity contribution in [1.82, 2.24) is 4.57 Å². The van der Waals surface area contributed by atoms with E-state index in [2.05, 4.69) is 35.8 Å². The van der Waals surface area contributed by atoms with Crippen molar-refractivity contribution in [2.45, 2.75) is 13.5 Å². The second-order valence-electron chi connectivity index (χ2n) is 8.16. The van der Waals surface area contributed by atoms with Crippen LogP contribution in [0.5, 0.6) is 5.75 Å². The van der Waals surface area contributed by atoms with Gasteiger partial charge in [-0.3, -0.25) is 0 Å². The first kappa shape index (κ1) is 21.1. The van der Waals surface area contributed by atoms with E-state index in [1.165, 1.54) is 12.7 Å². The van der Waals surface area contributed by atoms with Gasteiger partial charge in [-0.2, -0.15) is 0 Å². The fourth-order valence-electron chi connectivity index (χ4n) is 4.49. The van der Waals surface area contributed by atoms with Crippen LogP contribution in [0.3, 0.4) is 0 Å². The van der Waals surface area contributed by atoms with E-state index < -0.39 is 5.97 Å². The van der Waals surface area contributed by atoms with E-state index in [9.17, 15) is 9.90 Å². The maximum absolute atomic E-state index is 12.6. The quantitative estimate of drug-likeness (QED) is 0.298. The Morgan fingerprint density at radius 1 is 0.909 bits per heavy atom. The molecule has 5 rings (SSSR count). The molecule has 1 N–H and O–H groups in total. The van der Waals surface area contributed by atoms with Crippen molar-refractivity contribution >= 4 is 39.4 Å². The molecule has 0 saturated carbocycles. The first-order chi connectivity index (χ1) is 16.0. The lowest BCUT2D eigenvalue weighted by atomic mass is 10.0. The van der Waals surface area contributed by atoms with Crippen LogP contribution in [0, 0.1) is 6.92 Å². The molecule has 0 fully saturated rings. The second kappa shape index (κ2) is 8.30. The summed E-state index contributed by atoms with van der Waals surface area (Å²) in [6, 6.07) is 25.2. The normalized spacial score (nSPS) is 11.2. The molecule has 4 aromatic carbocycles. The molecule has 5 aromatic rings. The Bertz CT molecular complexity index is 1520. The summed E-state index contributed by atoms with van der Waals surface area (Å²) in [5, 5.41) is 13.2. The smallest absolute Gasteiger partial charge is 0.338 e. The molecule has 5 heteroatoms. The number of aromatic nitrogens is 1. The van der Waals surface area contributed by atoms with Crippen molar-refractivity contribution in [2.24, 2.45) is 0 Å². The molecule has 4 nitrogen and oxygen atoms in total. The Kier molecular flexibility index (Phi) is 5.31. The molecule has 0 bridgehead atoms. The van der Waals surface area contributed by atoms with Gasteiger partial charge in [0.2, 0.25) is 0 Å². The first-order valence-electron chi connectivity index (χ1n) is 10.6. The number of hydrogen-bond donors (Lipinski definition) is 1. The molecule has 0 aliphatic carbocycles. The number of halogens is 1. The molecule has 1 aromatic heterocycles. The number of phenols is 1. The highest BCUT2D eigenvalue weighted by atomic mass is 35.5. The Hall–Kier alpha value is -3.76. The van der Waals surface area contributed by atoms with E-state index in [-0.39, 0.29) is 5.75 Å². The molecule has 0 atom stereocenters. The summed E-state index contributed by atoms with van der Waals surface area (Å²) < 4.78 is 7.18. The number of esters is 1. The number of fused-ring (bicyclic) bond motifs is 3. The van der Waals surface area contributed by atoms with Crippen molar-refractivity contribution in [2.75, 3.05) is 7.11 Å². The number of carbonyl (C=O) groups is 1. The zero-order chi connectivity index (χ0) is 23.1. The first-order valence-corrected chi connectivity index (χ1v) is 11.0. The molecule has 1 heterocycles. The number of rotatable bonds is 4.